The number of aromatic nitrogens is 1. The summed E-state index contributed by atoms with van der Waals surface area (Å²) in [5.41, 5.74) is 11.3. The van der Waals surface area contributed by atoms with Crippen molar-refractivity contribution in [3.05, 3.63) is 52.6 Å². The van der Waals surface area contributed by atoms with Gasteiger partial charge in [-0.05, 0) is 17.5 Å². The van der Waals surface area contributed by atoms with Crippen molar-refractivity contribution < 1.29 is 9.18 Å². The van der Waals surface area contributed by atoms with Gasteiger partial charge in [0.25, 0.3) is 0 Å². The van der Waals surface area contributed by atoms with Crippen molar-refractivity contribution in [1.82, 2.24) is 4.98 Å². The second-order valence-corrected chi connectivity index (χ2v) is 8.16. The van der Waals surface area contributed by atoms with E-state index in [9.17, 15) is 19.7 Å². The fraction of sp³-hybridized carbons (Fsp3) is 0.333. The molecule has 1 amide bonds. The van der Waals surface area contributed by atoms with Crippen LogP contribution in [0.15, 0.2) is 35.4 Å². The molecule has 1 unspecified atom stereocenters. The van der Waals surface area contributed by atoms with E-state index >= 15 is 0 Å². The number of alkyl halides is 1. The lowest BCUT2D eigenvalue weighted by Gasteiger charge is -2.45. The molecular formula is C21H21FN6OS. The summed E-state index contributed by atoms with van der Waals surface area (Å²) in [7, 11) is 0. The van der Waals surface area contributed by atoms with Crippen LogP contribution in [0.1, 0.15) is 34.4 Å². The number of amides is 1. The second-order valence-electron chi connectivity index (χ2n) is 7.07. The molecule has 0 radical (unpaired) electrons. The maximum absolute atomic E-state index is 14.4. The molecular weight excluding hydrogens is 403 g/mol. The lowest BCUT2D eigenvalue weighted by Crippen LogP contribution is -2.63. The Kier molecular flexibility index (Phi) is 6.25. The SMILES string of the molecule is CCc1c(C#N)c(SC(C(N)=O)c2ccccc2)nc(N2CC(F)(CN)C2)c1C#N. The number of pyridine rings is 1. The van der Waals surface area contributed by atoms with E-state index in [1.807, 2.05) is 13.0 Å². The standard InChI is InChI=1S/C21H21FN6OS/c1-2-14-15(8-23)19(28-11-21(22,10-25)12-28)27-20(16(14)9-24)30-17(18(26)29)13-6-4-3-5-7-13/h3-7,17H,2,10-12,25H2,1H3,(H2,26,29). The van der Waals surface area contributed by atoms with Crippen LogP contribution in [-0.4, -0.2) is 36.2 Å². The number of nitrogens with zero attached hydrogens (tertiary/aromatic N) is 4. The van der Waals surface area contributed by atoms with E-state index in [4.69, 9.17) is 11.5 Å². The zero-order chi connectivity index (χ0) is 21.9. The van der Waals surface area contributed by atoms with E-state index in [0.29, 0.717) is 28.4 Å². The number of thioether (sulfide) groups is 1. The largest absolute Gasteiger partial charge is 0.368 e. The third-order valence-electron chi connectivity index (χ3n) is 5.03. The van der Waals surface area contributed by atoms with Gasteiger partial charge in [-0.2, -0.15) is 10.5 Å². The van der Waals surface area contributed by atoms with Crippen LogP contribution in [0, 0.1) is 22.7 Å². The number of anilines is 1. The van der Waals surface area contributed by atoms with Gasteiger partial charge in [0, 0.05) is 6.54 Å². The van der Waals surface area contributed by atoms with Crippen molar-refractivity contribution in [2.45, 2.75) is 29.3 Å². The highest BCUT2D eigenvalue weighted by Crippen LogP contribution is 2.41. The Morgan fingerprint density at radius 3 is 2.43 bits per heavy atom. The molecule has 0 saturated carbocycles. The van der Waals surface area contributed by atoms with E-state index in [1.165, 1.54) is 0 Å². The van der Waals surface area contributed by atoms with Gasteiger partial charge < -0.3 is 16.4 Å². The van der Waals surface area contributed by atoms with E-state index < -0.39 is 16.8 Å². The van der Waals surface area contributed by atoms with Gasteiger partial charge >= 0.3 is 0 Å². The lowest BCUT2D eigenvalue weighted by molar-refractivity contribution is -0.117. The van der Waals surface area contributed by atoms with Gasteiger partial charge in [0.05, 0.1) is 24.2 Å². The Morgan fingerprint density at radius 1 is 1.30 bits per heavy atom. The molecule has 1 aromatic heterocycles. The summed E-state index contributed by atoms with van der Waals surface area (Å²) in [4.78, 5) is 18.3. The van der Waals surface area contributed by atoms with E-state index in [1.54, 1.807) is 29.2 Å². The summed E-state index contributed by atoms with van der Waals surface area (Å²) in [6, 6.07) is 13.2. The van der Waals surface area contributed by atoms with Gasteiger partial charge in [0.1, 0.15) is 28.2 Å². The van der Waals surface area contributed by atoms with Crippen LogP contribution in [0.3, 0.4) is 0 Å². The minimum atomic E-state index is -1.53. The second kappa shape index (κ2) is 8.70. The van der Waals surface area contributed by atoms with Crippen molar-refractivity contribution in [3.8, 4) is 12.1 Å². The molecule has 9 heteroatoms. The normalized spacial score (nSPS) is 15.6. The van der Waals surface area contributed by atoms with Gasteiger partial charge in [-0.25, -0.2) is 9.37 Å². The number of benzene rings is 1. The molecule has 1 aliphatic rings. The Morgan fingerprint density at radius 2 is 1.93 bits per heavy atom. The van der Waals surface area contributed by atoms with Crippen LogP contribution in [-0.2, 0) is 11.2 Å². The number of carbonyl (C=O) groups is 1. The summed E-state index contributed by atoms with van der Waals surface area (Å²) in [5.74, 6) is -0.274. The maximum Gasteiger partial charge on any atom is 0.235 e. The molecule has 1 atom stereocenters. The average Bonchev–Trinajstić information content (AvgIpc) is 2.74. The van der Waals surface area contributed by atoms with E-state index in [0.717, 1.165) is 11.8 Å². The third kappa shape index (κ3) is 3.95. The molecule has 1 aliphatic heterocycles. The highest BCUT2D eigenvalue weighted by atomic mass is 32.2. The summed E-state index contributed by atoms with van der Waals surface area (Å²) in [5, 5.41) is 19.0. The van der Waals surface area contributed by atoms with Crippen LogP contribution in [0.5, 0.6) is 0 Å². The van der Waals surface area contributed by atoms with Crippen LogP contribution in [0.4, 0.5) is 10.2 Å². The van der Waals surface area contributed by atoms with Crippen LogP contribution in [0.2, 0.25) is 0 Å². The third-order valence-corrected chi connectivity index (χ3v) is 6.29. The maximum atomic E-state index is 14.4. The number of halogens is 1. The fourth-order valence-corrected chi connectivity index (χ4v) is 4.50. The van der Waals surface area contributed by atoms with Crippen LogP contribution >= 0.6 is 11.8 Å². The van der Waals surface area contributed by atoms with Gasteiger partial charge in [-0.3, -0.25) is 4.79 Å². The molecule has 0 aliphatic carbocycles. The molecule has 2 aromatic rings. The number of hydrogen-bond acceptors (Lipinski definition) is 7. The first-order chi connectivity index (χ1) is 14.4. The van der Waals surface area contributed by atoms with Gasteiger partial charge in [0.15, 0.2) is 5.67 Å². The Labute approximate surface area is 178 Å². The van der Waals surface area contributed by atoms with Crippen molar-refractivity contribution >= 4 is 23.5 Å². The minimum absolute atomic E-state index is 0.0161. The molecule has 2 heterocycles. The van der Waals surface area contributed by atoms with Gasteiger partial charge in [0.2, 0.25) is 5.91 Å². The molecule has 4 N–H and O–H groups in total. The highest BCUT2D eigenvalue weighted by molar-refractivity contribution is 8.00. The first-order valence-corrected chi connectivity index (χ1v) is 10.3. The number of nitriles is 2. The summed E-state index contributed by atoms with van der Waals surface area (Å²) >= 11 is 1.06. The monoisotopic (exact) mass is 424 g/mol. The van der Waals surface area contributed by atoms with Crippen molar-refractivity contribution in [1.29, 1.82) is 10.5 Å². The zero-order valence-electron chi connectivity index (χ0n) is 16.4. The molecule has 154 valence electrons. The number of rotatable bonds is 7. The highest BCUT2D eigenvalue weighted by Gasteiger charge is 2.44. The lowest BCUT2D eigenvalue weighted by atomic mass is 9.94. The van der Waals surface area contributed by atoms with Crippen LogP contribution < -0.4 is 16.4 Å². The molecule has 1 saturated heterocycles. The molecule has 30 heavy (non-hydrogen) atoms. The number of carbonyl (C=O) groups excluding carboxylic acids is 1. The predicted molar refractivity (Wildman–Crippen MR) is 112 cm³/mol. The molecule has 1 fully saturated rings. The smallest absolute Gasteiger partial charge is 0.235 e. The minimum Gasteiger partial charge on any atom is -0.368 e. The first-order valence-electron chi connectivity index (χ1n) is 9.39. The Balaban J connectivity index is 2.10. The molecule has 0 bridgehead atoms. The Hall–Kier alpha value is -3.14. The van der Waals surface area contributed by atoms with Crippen molar-refractivity contribution in [2.75, 3.05) is 24.5 Å². The summed E-state index contributed by atoms with van der Waals surface area (Å²) < 4.78 is 14.4. The zero-order valence-corrected chi connectivity index (χ0v) is 17.2. The van der Waals surface area contributed by atoms with Crippen molar-refractivity contribution in [3.63, 3.8) is 0 Å². The van der Waals surface area contributed by atoms with E-state index in [2.05, 4.69) is 17.1 Å². The topological polar surface area (TPSA) is 133 Å². The van der Waals surface area contributed by atoms with Crippen LogP contribution in [0.25, 0.3) is 0 Å². The molecule has 7 nitrogen and oxygen atoms in total. The predicted octanol–water partition coefficient (Wildman–Crippen LogP) is 2.19. The number of hydrogen-bond donors (Lipinski definition) is 2. The number of primary amides is 1. The molecule has 3 rings (SSSR count). The average molecular weight is 425 g/mol. The Bertz CT molecular complexity index is 1040. The quantitative estimate of drug-likeness (QED) is 0.651. The van der Waals surface area contributed by atoms with Gasteiger partial charge in [-0.15, -0.1) is 0 Å². The molecule has 1 aromatic carbocycles. The van der Waals surface area contributed by atoms with Gasteiger partial charge in [-0.1, -0.05) is 49.0 Å². The molecule has 0 spiro atoms. The number of nitrogens with two attached hydrogens (primary N) is 2. The fourth-order valence-electron chi connectivity index (χ4n) is 3.44. The summed E-state index contributed by atoms with van der Waals surface area (Å²) in [6.07, 6.45) is 0.410. The summed E-state index contributed by atoms with van der Waals surface area (Å²) in [6.45, 7) is 1.74. The first kappa shape index (κ1) is 21.6. The van der Waals surface area contributed by atoms with E-state index in [-0.39, 0.29) is 30.8 Å². The van der Waals surface area contributed by atoms with Crippen molar-refractivity contribution in [2.24, 2.45) is 11.5 Å².